The second kappa shape index (κ2) is 11.9. The number of ether oxygens (including phenoxy) is 4. The van der Waals surface area contributed by atoms with E-state index in [1.165, 1.54) is 21.1 Å². The molecule has 10 heteroatoms. The molecule has 0 saturated carbocycles. The number of benzene rings is 2. The molecule has 1 atom stereocenters. The molecule has 0 bridgehead atoms. The van der Waals surface area contributed by atoms with Gasteiger partial charge in [0.15, 0.2) is 5.78 Å². The van der Waals surface area contributed by atoms with Gasteiger partial charge in [-0.1, -0.05) is 6.07 Å². The Bertz CT molecular complexity index is 960. The molecule has 0 heterocycles. The van der Waals surface area contributed by atoms with Crippen LogP contribution in [0.3, 0.4) is 0 Å². The SMILES string of the molecule is CCOc1ccc(N=NC(C(C)=O)C(=O)N(Cl)c2c(OC)cccc2OC)c(OCC)c1. The van der Waals surface area contributed by atoms with Crippen molar-refractivity contribution in [3.05, 3.63) is 36.4 Å². The van der Waals surface area contributed by atoms with E-state index in [1.807, 2.05) is 13.8 Å². The summed E-state index contributed by atoms with van der Waals surface area (Å²) in [5.41, 5.74) is 0.493. The molecule has 2 rings (SSSR count). The van der Waals surface area contributed by atoms with Gasteiger partial charge < -0.3 is 18.9 Å². The maximum Gasteiger partial charge on any atom is 0.276 e. The Kier molecular flexibility index (Phi) is 9.27. The van der Waals surface area contributed by atoms with Gasteiger partial charge in [-0.3, -0.25) is 9.59 Å². The maximum absolute atomic E-state index is 13.0. The number of carbonyl (C=O) groups is 2. The minimum absolute atomic E-state index is 0.154. The highest BCUT2D eigenvalue weighted by Crippen LogP contribution is 2.39. The molecule has 2 aromatic rings. The molecule has 0 aliphatic heterocycles. The van der Waals surface area contributed by atoms with Gasteiger partial charge in [0.25, 0.3) is 5.91 Å². The highest BCUT2D eigenvalue weighted by molar-refractivity contribution is 6.39. The van der Waals surface area contributed by atoms with Crippen LogP contribution in [0.2, 0.25) is 0 Å². The lowest BCUT2D eigenvalue weighted by Crippen LogP contribution is -2.36. The number of halogens is 1. The number of amides is 1. The normalized spacial score (nSPS) is 11.7. The molecule has 2 aromatic carbocycles. The molecular weight excluding hydrogens is 438 g/mol. The van der Waals surface area contributed by atoms with E-state index in [4.69, 9.17) is 30.7 Å². The van der Waals surface area contributed by atoms with E-state index in [1.54, 1.807) is 36.4 Å². The van der Waals surface area contributed by atoms with Crippen LogP contribution in [0.4, 0.5) is 11.4 Å². The van der Waals surface area contributed by atoms with Crippen molar-refractivity contribution in [2.45, 2.75) is 26.8 Å². The summed E-state index contributed by atoms with van der Waals surface area (Å²) in [5.74, 6) is 0.237. The van der Waals surface area contributed by atoms with Crippen molar-refractivity contribution in [3.8, 4) is 23.0 Å². The van der Waals surface area contributed by atoms with E-state index in [9.17, 15) is 9.59 Å². The van der Waals surface area contributed by atoms with E-state index in [2.05, 4.69) is 10.2 Å². The molecule has 0 aromatic heterocycles. The first-order valence-electron chi connectivity index (χ1n) is 9.89. The Hall–Kier alpha value is -3.33. The van der Waals surface area contributed by atoms with E-state index in [0.717, 1.165) is 4.42 Å². The van der Waals surface area contributed by atoms with Crippen molar-refractivity contribution >= 4 is 34.8 Å². The lowest BCUT2D eigenvalue weighted by Gasteiger charge is -2.21. The zero-order valence-electron chi connectivity index (χ0n) is 18.6. The van der Waals surface area contributed by atoms with Crippen LogP contribution in [0, 0.1) is 0 Å². The van der Waals surface area contributed by atoms with Gasteiger partial charge in [0, 0.05) is 17.8 Å². The summed E-state index contributed by atoms with van der Waals surface area (Å²) in [6.45, 7) is 5.79. The number of hydrogen-bond acceptors (Lipinski definition) is 8. The number of anilines is 1. The van der Waals surface area contributed by atoms with Crippen molar-refractivity contribution < 1.29 is 28.5 Å². The third kappa shape index (κ3) is 5.88. The van der Waals surface area contributed by atoms with Gasteiger partial charge in [0.2, 0.25) is 6.04 Å². The molecule has 1 unspecified atom stereocenters. The Labute approximate surface area is 192 Å². The van der Waals surface area contributed by atoms with Gasteiger partial charge in [-0.2, -0.15) is 10.2 Å². The number of nitrogens with zero attached hydrogens (tertiary/aromatic N) is 3. The fraction of sp³-hybridized carbons (Fsp3) is 0.364. The quantitative estimate of drug-likeness (QED) is 0.271. The standard InChI is InChI=1S/C22H26ClN3O6/c1-6-31-15-11-12-16(19(13-15)32-7-2)24-25-20(14(3)27)22(28)26(23)21-17(29-4)9-8-10-18(21)30-5/h8-13,20H,6-7H2,1-5H3. The highest BCUT2D eigenvalue weighted by Gasteiger charge is 2.32. The highest BCUT2D eigenvalue weighted by atomic mass is 35.5. The fourth-order valence-electron chi connectivity index (χ4n) is 2.77. The number of ketones is 1. The minimum atomic E-state index is -1.48. The maximum atomic E-state index is 13.0. The molecular formula is C22H26ClN3O6. The molecule has 0 spiro atoms. The number of hydrogen-bond donors (Lipinski definition) is 0. The van der Waals surface area contributed by atoms with Crippen LogP contribution in [0.15, 0.2) is 46.6 Å². The molecule has 0 saturated heterocycles. The summed E-state index contributed by atoms with van der Waals surface area (Å²) in [6, 6.07) is 8.40. The number of para-hydroxylation sites is 1. The third-order valence-electron chi connectivity index (χ3n) is 4.23. The van der Waals surface area contributed by atoms with Gasteiger partial charge in [-0.15, -0.1) is 0 Å². The number of rotatable bonds is 11. The van der Waals surface area contributed by atoms with Crippen LogP contribution >= 0.6 is 11.8 Å². The Morgan fingerprint density at radius 2 is 1.62 bits per heavy atom. The van der Waals surface area contributed by atoms with Crippen LogP contribution in [0.25, 0.3) is 0 Å². The van der Waals surface area contributed by atoms with Gasteiger partial charge in [0.1, 0.15) is 34.4 Å². The topological polar surface area (TPSA) is 99.0 Å². The van der Waals surface area contributed by atoms with Crippen LogP contribution < -0.4 is 23.4 Å². The average Bonchev–Trinajstić information content (AvgIpc) is 2.79. The molecule has 0 aliphatic rings. The largest absolute Gasteiger partial charge is 0.494 e. The van der Waals surface area contributed by atoms with Crippen LogP contribution in [0.5, 0.6) is 23.0 Å². The lowest BCUT2D eigenvalue weighted by atomic mass is 10.2. The second-order valence-corrected chi connectivity index (χ2v) is 6.69. The zero-order chi connectivity index (χ0) is 23.7. The van der Waals surface area contributed by atoms with Crippen molar-refractivity contribution in [2.75, 3.05) is 31.9 Å². The van der Waals surface area contributed by atoms with Gasteiger partial charge >= 0.3 is 0 Å². The smallest absolute Gasteiger partial charge is 0.276 e. The van der Waals surface area contributed by atoms with E-state index < -0.39 is 17.7 Å². The van der Waals surface area contributed by atoms with Crippen molar-refractivity contribution in [1.29, 1.82) is 0 Å². The summed E-state index contributed by atoms with van der Waals surface area (Å²) in [5, 5.41) is 8.05. The van der Waals surface area contributed by atoms with Gasteiger partial charge in [0.05, 0.1) is 27.4 Å². The van der Waals surface area contributed by atoms with Crippen LogP contribution in [-0.2, 0) is 9.59 Å². The predicted octanol–water partition coefficient (Wildman–Crippen LogP) is 4.73. The molecule has 172 valence electrons. The van der Waals surface area contributed by atoms with Gasteiger partial charge in [-0.25, -0.2) is 4.42 Å². The molecule has 1 amide bonds. The molecule has 0 N–H and O–H groups in total. The molecule has 9 nitrogen and oxygen atoms in total. The van der Waals surface area contributed by atoms with Gasteiger partial charge in [-0.05, 0) is 45.0 Å². The van der Waals surface area contributed by atoms with E-state index >= 15 is 0 Å². The average molecular weight is 464 g/mol. The Balaban J connectivity index is 2.38. The summed E-state index contributed by atoms with van der Waals surface area (Å²) < 4.78 is 22.4. The lowest BCUT2D eigenvalue weighted by molar-refractivity contribution is -0.126. The van der Waals surface area contributed by atoms with Crippen LogP contribution in [-0.4, -0.2) is 45.2 Å². The fourth-order valence-corrected chi connectivity index (χ4v) is 3.03. The Morgan fingerprint density at radius 3 is 2.16 bits per heavy atom. The second-order valence-electron chi connectivity index (χ2n) is 6.35. The third-order valence-corrected chi connectivity index (χ3v) is 4.57. The first kappa shape index (κ1) is 24.9. The first-order chi connectivity index (χ1) is 15.4. The number of methoxy groups -OCH3 is 2. The number of carbonyl (C=O) groups excluding carboxylic acids is 2. The number of Topliss-reactive ketones (excluding diaryl/α,β-unsaturated/α-hetero) is 1. The zero-order valence-corrected chi connectivity index (χ0v) is 19.4. The summed E-state index contributed by atoms with van der Waals surface area (Å²) >= 11 is 6.31. The predicted molar refractivity (Wildman–Crippen MR) is 121 cm³/mol. The molecule has 32 heavy (non-hydrogen) atoms. The van der Waals surface area contributed by atoms with Crippen molar-refractivity contribution in [1.82, 2.24) is 0 Å². The van der Waals surface area contributed by atoms with E-state index in [0.29, 0.717) is 30.4 Å². The monoisotopic (exact) mass is 463 g/mol. The number of azo groups is 1. The van der Waals surface area contributed by atoms with Crippen molar-refractivity contribution in [3.63, 3.8) is 0 Å². The van der Waals surface area contributed by atoms with Crippen LogP contribution in [0.1, 0.15) is 20.8 Å². The van der Waals surface area contributed by atoms with Crippen molar-refractivity contribution in [2.24, 2.45) is 10.2 Å². The Morgan fingerprint density at radius 1 is 1.00 bits per heavy atom. The van der Waals surface area contributed by atoms with E-state index in [-0.39, 0.29) is 17.2 Å². The molecule has 0 aliphatic carbocycles. The molecule has 0 fully saturated rings. The summed E-state index contributed by atoms with van der Waals surface area (Å²) in [4.78, 5) is 25.3. The minimum Gasteiger partial charge on any atom is -0.494 e. The summed E-state index contributed by atoms with van der Waals surface area (Å²) in [6.07, 6.45) is 0. The first-order valence-corrected chi connectivity index (χ1v) is 10.2. The summed E-state index contributed by atoms with van der Waals surface area (Å²) in [7, 11) is 2.85. The molecule has 0 radical (unpaired) electrons.